The van der Waals surface area contributed by atoms with E-state index in [1.54, 1.807) is 0 Å². The number of hydrogen-bond donors (Lipinski definition) is 0. The van der Waals surface area contributed by atoms with E-state index in [4.69, 9.17) is 21.1 Å². The molecule has 4 heteroatoms. The fourth-order valence-corrected chi connectivity index (χ4v) is 2.19. The van der Waals surface area contributed by atoms with Crippen molar-refractivity contribution in [3.63, 3.8) is 0 Å². The quantitative estimate of drug-likeness (QED) is 0.775. The molecule has 1 aromatic carbocycles. The SMILES string of the molecule is CCC(CC(=O)Cl)c1ccc2c(c1)OCCO2. The van der Waals surface area contributed by atoms with Crippen molar-refractivity contribution in [1.29, 1.82) is 0 Å². The molecule has 1 aromatic rings. The number of carbonyl (C=O) groups is 1. The first-order chi connectivity index (χ1) is 8.20. The molecule has 0 spiro atoms. The fraction of sp³-hybridized carbons (Fsp3) is 0.462. The van der Waals surface area contributed by atoms with E-state index in [1.807, 2.05) is 25.1 Å². The number of rotatable bonds is 4. The number of halogens is 1. The van der Waals surface area contributed by atoms with Crippen LogP contribution in [-0.2, 0) is 4.79 Å². The molecule has 0 amide bonds. The van der Waals surface area contributed by atoms with Gasteiger partial charge in [0.1, 0.15) is 13.2 Å². The van der Waals surface area contributed by atoms with E-state index in [2.05, 4.69) is 0 Å². The van der Waals surface area contributed by atoms with Crippen molar-refractivity contribution in [2.75, 3.05) is 13.2 Å². The molecular formula is C13H15ClO3. The van der Waals surface area contributed by atoms with Crippen LogP contribution >= 0.6 is 11.6 Å². The van der Waals surface area contributed by atoms with Gasteiger partial charge in [-0.05, 0) is 41.6 Å². The Kier molecular flexibility index (Phi) is 3.89. The van der Waals surface area contributed by atoms with E-state index in [1.165, 1.54) is 0 Å². The lowest BCUT2D eigenvalue weighted by Crippen LogP contribution is -2.15. The molecule has 0 aromatic heterocycles. The fourth-order valence-electron chi connectivity index (χ4n) is 2.01. The summed E-state index contributed by atoms with van der Waals surface area (Å²) in [4.78, 5) is 11.0. The predicted molar refractivity (Wildman–Crippen MR) is 65.9 cm³/mol. The molecule has 0 bridgehead atoms. The first kappa shape index (κ1) is 12.2. The summed E-state index contributed by atoms with van der Waals surface area (Å²) in [6.45, 7) is 3.20. The Hall–Kier alpha value is -1.22. The predicted octanol–water partition coefficient (Wildman–Crippen LogP) is 3.11. The van der Waals surface area contributed by atoms with E-state index in [0.717, 1.165) is 23.5 Å². The lowest BCUT2D eigenvalue weighted by Gasteiger charge is -2.21. The second kappa shape index (κ2) is 5.41. The summed E-state index contributed by atoms with van der Waals surface area (Å²) in [7, 11) is 0. The Labute approximate surface area is 106 Å². The van der Waals surface area contributed by atoms with E-state index in [9.17, 15) is 4.79 Å². The lowest BCUT2D eigenvalue weighted by atomic mass is 9.93. The second-order valence-electron chi connectivity index (χ2n) is 4.07. The summed E-state index contributed by atoms with van der Waals surface area (Å²) in [5, 5.41) is -0.299. The first-order valence-corrected chi connectivity index (χ1v) is 6.16. The molecule has 1 atom stereocenters. The van der Waals surface area contributed by atoms with Gasteiger partial charge in [-0.2, -0.15) is 0 Å². The minimum atomic E-state index is -0.299. The topological polar surface area (TPSA) is 35.5 Å². The minimum absolute atomic E-state index is 0.149. The molecule has 17 heavy (non-hydrogen) atoms. The van der Waals surface area contributed by atoms with Crippen molar-refractivity contribution in [3.05, 3.63) is 23.8 Å². The average molecular weight is 255 g/mol. The van der Waals surface area contributed by atoms with Crippen molar-refractivity contribution in [3.8, 4) is 11.5 Å². The van der Waals surface area contributed by atoms with Crippen LogP contribution in [0.1, 0.15) is 31.2 Å². The lowest BCUT2D eigenvalue weighted by molar-refractivity contribution is -0.112. The highest BCUT2D eigenvalue weighted by atomic mass is 35.5. The molecule has 92 valence electrons. The van der Waals surface area contributed by atoms with Gasteiger partial charge in [0.2, 0.25) is 5.24 Å². The molecule has 0 saturated carbocycles. The highest BCUT2D eigenvalue weighted by Crippen LogP contribution is 2.35. The minimum Gasteiger partial charge on any atom is -0.486 e. The Morgan fingerprint density at radius 3 is 2.71 bits per heavy atom. The molecule has 2 rings (SSSR count). The zero-order chi connectivity index (χ0) is 12.3. The molecule has 0 radical (unpaired) electrons. The standard InChI is InChI=1S/C13H15ClO3/c1-2-9(8-13(14)15)10-3-4-11-12(7-10)17-6-5-16-11/h3-4,7,9H,2,5-6,8H2,1H3. The van der Waals surface area contributed by atoms with Crippen molar-refractivity contribution >= 4 is 16.8 Å². The van der Waals surface area contributed by atoms with Gasteiger partial charge in [0, 0.05) is 6.42 Å². The molecule has 1 unspecified atom stereocenters. The van der Waals surface area contributed by atoms with Gasteiger partial charge in [0.15, 0.2) is 11.5 Å². The van der Waals surface area contributed by atoms with Crippen LogP contribution in [0.2, 0.25) is 0 Å². The summed E-state index contributed by atoms with van der Waals surface area (Å²) < 4.78 is 11.0. The number of ether oxygens (including phenoxy) is 2. The van der Waals surface area contributed by atoms with Gasteiger partial charge in [-0.1, -0.05) is 13.0 Å². The molecule has 1 aliphatic heterocycles. The number of fused-ring (bicyclic) bond motifs is 1. The Bertz CT molecular complexity index is 417. The Morgan fingerprint density at radius 2 is 2.06 bits per heavy atom. The van der Waals surface area contributed by atoms with Crippen molar-refractivity contribution < 1.29 is 14.3 Å². The van der Waals surface area contributed by atoms with Crippen LogP contribution in [0.25, 0.3) is 0 Å². The van der Waals surface area contributed by atoms with Gasteiger partial charge in [-0.3, -0.25) is 4.79 Å². The highest BCUT2D eigenvalue weighted by molar-refractivity contribution is 6.63. The van der Waals surface area contributed by atoms with Crippen molar-refractivity contribution in [2.45, 2.75) is 25.7 Å². The van der Waals surface area contributed by atoms with Gasteiger partial charge < -0.3 is 9.47 Å². The summed E-state index contributed by atoms with van der Waals surface area (Å²) in [5.41, 5.74) is 1.07. The van der Waals surface area contributed by atoms with Crippen LogP contribution in [0.5, 0.6) is 11.5 Å². The van der Waals surface area contributed by atoms with Crippen LogP contribution < -0.4 is 9.47 Å². The maximum absolute atomic E-state index is 11.0. The normalized spacial score (nSPS) is 15.4. The van der Waals surface area contributed by atoms with Crippen LogP contribution in [0.3, 0.4) is 0 Å². The van der Waals surface area contributed by atoms with Gasteiger partial charge in [0.05, 0.1) is 0 Å². The molecule has 1 heterocycles. The molecule has 1 aliphatic rings. The average Bonchev–Trinajstić information content (AvgIpc) is 2.35. The molecule has 3 nitrogen and oxygen atoms in total. The molecular weight excluding hydrogens is 240 g/mol. The van der Waals surface area contributed by atoms with Crippen LogP contribution in [0, 0.1) is 0 Å². The maximum Gasteiger partial charge on any atom is 0.222 e. The number of hydrogen-bond acceptors (Lipinski definition) is 3. The Balaban J connectivity index is 2.22. The first-order valence-electron chi connectivity index (χ1n) is 5.78. The largest absolute Gasteiger partial charge is 0.486 e. The van der Waals surface area contributed by atoms with Crippen molar-refractivity contribution in [1.82, 2.24) is 0 Å². The van der Waals surface area contributed by atoms with E-state index in [0.29, 0.717) is 19.6 Å². The zero-order valence-electron chi connectivity index (χ0n) is 9.74. The second-order valence-corrected chi connectivity index (χ2v) is 4.49. The van der Waals surface area contributed by atoms with E-state index < -0.39 is 0 Å². The zero-order valence-corrected chi connectivity index (χ0v) is 10.5. The monoisotopic (exact) mass is 254 g/mol. The smallest absolute Gasteiger partial charge is 0.222 e. The van der Waals surface area contributed by atoms with Gasteiger partial charge in [-0.25, -0.2) is 0 Å². The summed E-state index contributed by atoms with van der Waals surface area (Å²) in [6.07, 6.45) is 1.23. The number of benzene rings is 1. The summed E-state index contributed by atoms with van der Waals surface area (Å²) >= 11 is 5.45. The van der Waals surface area contributed by atoms with Gasteiger partial charge in [0.25, 0.3) is 0 Å². The number of carbonyl (C=O) groups excluding carboxylic acids is 1. The molecule has 0 N–H and O–H groups in total. The third-order valence-corrected chi connectivity index (χ3v) is 3.09. The maximum atomic E-state index is 11.0. The van der Waals surface area contributed by atoms with E-state index >= 15 is 0 Å². The summed E-state index contributed by atoms with van der Waals surface area (Å²) in [5.74, 6) is 1.68. The molecule has 0 saturated heterocycles. The summed E-state index contributed by atoms with van der Waals surface area (Å²) in [6, 6.07) is 5.81. The van der Waals surface area contributed by atoms with Gasteiger partial charge >= 0.3 is 0 Å². The highest BCUT2D eigenvalue weighted by Gasteiger charge is 2.17. The van der Waals surface area contributed by atoms with E-state index in [-0.39, 0.29) is 11.2 Å². The van der Waals surface area contributed by atoms with Crippen molar-refractivity contribution in [2.24, 2.45) is 0 Å². The molecule has 0 aliphatic carbocycles. The van der Waals surface area contributed by atoms with Gasteiger partial charge in [-0.15, -0.1) is 0 Å². The molecule has 0 fully saturated rings. The Morgan fingerprint density at radius 1 is 1.35 bits per heavy atom. The third-order valence-electron chi connectivity index (χ3n) is 2.94. The van der Waals surface area contributed by atoms with Crippen LogP contribution in [-0.4, -0.2) is 18.5 Å². The third kappa shape index (κ3) is 2.91. The van der Waals surface area contributed by atoms with Crippen LogP contribution in [0.4, 0.5) is 0 Å². The van der Waals surface area contributed by atoms with Crippen LogP contribution in [0.15, 0.2) is 18.2 Å².